The van der Waals surface area contributed by atoms with Crippen LogP contribution in [-0.4, -0.2) is 72.3 Å². The number of hydrogen-bond acceptors (Lipinski definition) is 6. The van der Waals surface area contributed by atoms with Crippen LogP contribution < -0.4 is 5.32 Å². The minimum atomic E-state index is -3.47. The average molecular weight is 462 g/mol. The number of hydrogen-bond donors (Lipinski definition) is 1. The molecular formula is C22H31N5O4S. The van der Waals surface area contributed by atoms with E-state index in [1.165, 1.54) is 0 Å². The molecule has 0 bridgehead atoms. The van der Waals surface area contributed by atoms with Crippen molar-refractivity contribution in [2.75, 3.05) is 44.6 Å². The molecule has 4 rings (SSSR count). The minimum Gasteiger partial charge on any atom is -0.360 e. The number of benzene rings is 1. The van der Waals surface area contributed by atoms with Crippen molar-refractivity contribution >= 4 is 21.9 Å². The maximum atomic E-state index is 13.2. The molecule has 1 aromatic carbocycles. The fourth-order valence-electron chi connectivity index (χ4n) is 4.41. The Morgan fingerprint density at radius 1 is 0.969 bits per heavy atom. The lowest BCUT2D eigenvalue weighted by Crippen LogP contribution is -2.54. The van der Waals surface area contributed by atoms with E-state index < -0.39 is 16.3 Å². The maximum Gasteiger partial charge on any atom is 0.282 e. The summed E-state index contributed by atoms with van der Waals surface area (Å²) in [7, 11) is -3.47. The third kappa shape index (κ3) is 5.20. The molecular weight excluding hydrogens is 430 g/mol. The Morgan fingerprint density at radius 2 is 1.59 bits per heavy atom. The maximum absolute atomic E-state index is 13.2. The molecule has 1 unspecified atom stereocenters. The monoisotopic (exact) mass is 461 g/mol. The number of aromatic nitrogens is 1. The minimum absolute atomic E-state index is 0.215. The first-order chi connectivity index (χ1) is 15.4. The fourth-order valence-corrected chi connectivity index (χ4v) is 6.08. The van der Waals surface area contributed by atoms with Crippen LogP contribution in [0.3, 0.4) is 0 Å². The van der Waals surface area contributed by atoms with Crippen LogP contribution >= 0.6 is 0 Å². The summed E-state index contributed by atoms with van der Waals surface area (Å²) in [5.74, 6) is 0.771. The molecule has 0 aliphatic carbocycles. The van der Waals surface area contributed by atoms with Gasteiger partial charge in [0.05, 0.1) is 0 Å². The van der Waals surface area contributed by atoms with Gasteiger partial charge < -0.3 is 9.84 Å². The molecule has 1 aromatic heterocycles. The number of nitrogens with one attached hydrogen (secondary N) is 1. The number of nitrogens with zero attached hydrogens (tertiary/aromatic N) is 4. The van der Waals surface area contributed by atoms with Crippen LogP contribution in [0, 0.1) is 6.92 Å². The van der Waals surface area contributed by atoms with Gasteiger partial charge in [-0.05, 0) is 25.3 Å². The van der Waals surface area contributed by atoms with E-state index in [0.717, 1.165) is 31.2 Å². The van der Waals surface area contributed by atoms with E-state index in [1.54, 1.807) is 21.6 Å². The molecule has 2 fully saturated rings. The zero-order valence-electron chi connectivity index (χ0n) is 18.4. The van der Waals surface area contributed by atoms with Gasteiger partial charge in [-0.25, -0.2) is 0 Å². The number of piperazine rings is 1. The summed E-state index contributed by atoms with van der Waals surface area (Å²) in [5, 5.41) is 6.70. The zero-order chi connectivity index (χ0) is 22.6. The molecule has 0 radical (unpaired) electrons. The highest BCUT2D eigenvalue weighted by atomic mass is 32.2. The summed E-state index contributed by atoms with van der Waals surface area (Å²) in [6, 6.07) is 10.7. The fraction of sp³-hybridized carbons (Fsp3) is 0.545. The molecule has 1 atom stereocenters. The molecule has 0 spiro atoms. The third-order valence-corrected chi connectivity index (χ3v) is 8.13. The number of amides is 1. The van der Waals surface area contributed by atoms with Crippen molar-refractivity contribution in [3.05, 3.63) is 47.7 Å². The first kappa shape index (κ1) is 22.9. The first-order valence-electron chi connectivity index (χ1n) is 11.2. The second-order valence-corrected chi connectivity index (χ2v) is 10.3. The van der Waals surface area contributed by atoms with Crippen molar-refractivity contribution in [3.8, 4) is 0 Å². The molecule has 1 amide bonds. The topological polar surface area (TPSA) is 99.0 Å². The van der Waals surface area contributed by atoms with Gasteiger partial charge in [0, 0.05) is 45.3 Å². The average Bonchev–Trinajstić information content (AvgIpc) is 3.02. The summed E-state index contributed by atoms with van der Waals surface area (Å²) in [4.78, 5) is 15.2. The smallest absolute Gasteiger partial charge is 0.282 e. The second kappa shape index (κ2) is 10.1. The van der Waals surface area contributed by atoms with Crippen molar-refractivity contribution in [3.63, 3.8) is 0 Å². The van der Waals surface area contributed by atoms with Gasteiger partial charge in [-0.2, -0.15) is 17.0 Å². The largest absolute Gasteiger partial charge is 0.360 e. The Labute approximate surface area is 189 Å². The standard InChI is InChI=1S/C22H31N5O4S/c1-18-17-20(24-31-18)23-22(28)21(19-9-5-4-6-10-19)25-13-15-27(16-14-25)32(29,30)26-11-7-2-3-8-12-26/h4-6,9-10,17,21H,2-3,7-8,11-16H2,1H3,(H,23,24,28). The number of rotatable bonds is 6. The van der Waals surface area contributed by atoms with Crippen molar-refractivity contribution < 1.29 is 17.7 Å². The van der Waals surface area contributed by atoms with Crippen LogP contribution in [0.4, 0.5) is 5.82 Å². The third-order valence-electron chi connectivity index (χ3n) is 6.10. The Bertz CT molecular complexity index is 994. The summed E-state index contributed by atoms with van der Waals surface area (Å²) in [5.41, 5.74) is 0.856. The van der Waals surface area contributed by atoms with Crippen LogP contribution in [0.2, 0.25) is 0 Å². The molecule has 2 saturated heterocycles. The van der Waals surface area contributed by atoms with E-state index in [-0.39, 0.29) is 5.91 Å². The van der Waals surface area contributed by atoms with Gasteiger partial charge in [-0.3, -0.25) is 9.69 Å². The van der Waals surface area contributed by atoms with Gasteiger partial charge in [0.1, 0.15) is 11.8 Å². The van der Waals surface area contributed by atoms with Gasteiger partial charge in [-0.1, -0.05) is 48.3 Å². The van der Waals surface area contributed by atoms with Crippen LogP contribution in [0.25, 0.3) is 0 Å². The quantitative estimate of drug-likeness (QED) is 0.709. The van der Waals surface area contributed by atoms with Crippen molar-refractivity contribution in [2.45, 2.75) is 38.6 Å². The summed E-state index contributed by atoms with van der Waals surface area (Å²) in [6.45, 7) is 4.61. The molecule has 2 aromatic rings. The Morgan fingerprint density at radius 3 is 2.19 bits per heavy atom. The summed E-state index contributed by atoms with van der Waals surface area (Å²) in [6.07, 6.45) is 3.99. The lowest BCUT2D eigenvalue weighted by atomic mass is 10.0. The number of aryl methyl sites for hydroxylation is 1. The van der Waals surface area contributed by atoms with E-state index in [4.69, 9.17) is 4.52 Å². The highest BCUT2D eigenvalue weighted by molar-refractivity contribution is 7.86. The van der Waals surface area contributed by atoms with Crippen LogP contribution in [0.1, 0.15) is 43.0 Å². The number of carbonyl (C=O) groups excluding carboxylic acids is 1. The molecule has 9 nitrogen and oxygen atoms in total. The van der Waals surface area contributed by atoms with E-state index in [1.807, 2.05) is 35.2 Å². The predicted molar refractivity (Wildman–Crippen MR) is 121 cm³/mol. The van der Waals surface area contributed by atoms with Gasteiger partial charge >= 0.3 is 0 Å². The first-order valence-corrected chi connectivity index (χ1v) is 12.6. The Kier molecular flexibility index (Phi) is 7.24. The van der Waals surface area contributed by atoms with Gasteiger partial charge in [-0.15, -0.1) is 0 Å². The molecule has 32 heavy (non-hydrogen) atoms. The van der Waals surface area contributed by atoms with Gasteiger partial charge in [0.15, 0.2) is 5.82 Å². The van der Waals surface area contributed by atoms with Gasteiger partial charge in [0.2, 0.25) is 5.91 Å². The van der Waals surface area contributed by atoms with Crippen molar-refractivity contribution in [1.82, 2.24) is 18.7 Å². The lowest BCUT2D eigenvalue weighted by Gasteiger charge is -2.39. The highest BCUT2D eigenvalue weighted by Gasteiger charge is 2.36. The molecule has 3 heterocycles. The predicted octanol–water partition coefficient (Wildman–Crippen LogP) is 2.40. The zero-order valence-corrected chi connectivity index (χ0v) is 19.3. The molecule has 2 aliphatic rings. The van der Waals surface area contributed by atoms with E-state index in [2.05, 4.69) is 10.5 Å². The summed E-state index contributed by atoms with van der Waals surface area (Å²) >= 11 is 0. The second-order valence-electron chi connectivity index (χ2n) is 8.38. The molecule has 2 aliphatic heterocycles. The molecule has 1 N–H and O–H groups in total. The number of anilines is 1. The van der Waals surface area contributed by atoms with Crippen LogP contribution in [-0.2, 0) is 15.0 Å². The molecule has 0 saturated carbocycles. The van der Waals surface area contributed by atoms with Crippen LogP contribution in [0.15, 0.2) is 40.9 Å². The lowest BCUT2D eigenvalue weighted by molar-refractivity contribution is -0.122. The number of carbonyl (C=O) groups is 1. The Hall–Kier alpha value is -2.27. The van der Waals surface area contributed by atoms with Gasteiger partial charge in [0.25, 0.3) is 10.2 Å². The molecule has 10 heteroatoms. The van der Waals surface area contributed by atoms with E-state index >= 15 is 0 Å². The van der Waals surface area contributed by atoms with Crippen molar-refractivity contribution in [2.24, 2.45) is 0 Å². The normalized spacial score (nSPS) is 20.5. The van der Waals surface area contributed by atoms with Crippen molar-refractivity contribution in [1.29, 1.82) is 0 Å². The molecule has 174 valence electrons. The highest BCUT2D eigenvalue weighted by Crippen LogP contribution is 2.26. The van der Waals surface area contributed by atoms with E-state index in [9.17, 15) is 13.2 Å². The van der Waals surface area contributed by atoms with E-state index in [0.29, 0.717) is 50.8 Å². The SMILES string of the molecule is Cc1cc(NC(=O)C(c2ccccc2)N2CCN(S(=O)(=O)N3CCCCCC3)CC2)no1. The Balaban J connectivity index is 1.47. The summed E-state index contributed by atoms with van der Waals surface area (Å²) < 4.78 is 34.6. The van der Waals surface area contributed by atoms with Crippen LogP contribution in [0.5, 0.6) is 0 Å².